The normalized spacial score (nSPS) is 11.3. The molecular formula is C23H17NO7S. The number of carbonyl (C=O) groups is 1. The van der Waals surface area contributed by atoms with Gasteiger partial charge in [-0.15, -0.1) is 0 Å². The number of nitrogens with one attached hydrogen (secondary N) is 1. The molecule has 0 unspecified atom stereocenters. The molecule has 0 aliphatic rings. The number of hydrogen-bond donors (Lipinski definition) is 2. The largest absolute Gasteiger partial charge is 0.504 e. The van der Waals surface area contributed by atoms with Crippen molar-refractivity contribution in [3.63, 3.8) is 0 Å². The van der Waals surface area contributed by atoms with E-state index in [1.54, 1.807) is 18.2 Å². The number of phenolic OH excluding ortho intramolecular Hbond substituents is 1. The first-order chi connectivity index (χ1) is 15.3. The number of phenols is 1. The summed E-state index contributed by atoms with van der Waals surface area (Å²) in [5, 5.41) is 10.2. The highest BCUT2D eigenvalue weighted by atomic mass is 32.2. The molecule has 0 aliphatic heterocycles. The fourth-order valence-corrected chi connectivity index (χ4v) is 4.24. The molecule has 1 heterocycles. The number of methoxy groups -OCH3 is 1. The standard InChI is InChI=1S/C23H17NO7S/c1-30-22-19(25)12-9-15-13-18(23(27)31-21(15)22)20(26)14-7-10-16(11-8-14)24-32(28,29)17-5-3-2-4-6-17/h2-13,24-25H,1H3. The summed E-state index contributed by atoms with van der Waals surface area (Å²) in [6, 6.07) is 17.8. The van der Waals surface area contributed by atoms with Gasteiger partial charge >= 0.3 is 5.63 Å². The molecule has 0 spiro atoms. The molecule has 4 rings (SSSR count). The molecule has 1 aromatic heterocycles. The smallest absolute Gasteiger partial charge is 0.347 e. The summed E-state index contributed by atoms with van der Waals surface area (Å²) in [6.07, 6.45) is 0. The van der Waals surface area contributed by atoms with E-state index in [-0.39, 0.29) is 38.8 Å². The molecule has 8 nitrogen and oxygen atoms in total. The van der Waals surface area contributed by atoms with Crippen molar-refractivity contribution in [3.05, 3.63) is 94.3 Å². The van der Waals surface area contributed by atoms with Crippen molar-refractivity contribution < 1.29 is 27.5 Å². The van der Waals surface area contributed by atoms with Crippen LogP contribution in [0.3, 0.4) is 0 Å². The zero-order chi connectivity index (χ0) is 22.9. The third-order valence-corrected chi connectivity index (χ3v) is 6.14. The van der Waals surface area contributed by atoms with Gasteiger partial charge in [0.15, 0.2) is 17.1 Å². The molecule has 0 aliphatic carbocycles. The third kappa shape index (κ3) is 3.93. The van der Waals surface area contributed by atoms with Crippen molar-refractivity contribution >= 4 is 32.5 Å². The van der Waals surface area contributed by atoms with Crippen molar-refractivity contribution in [1.29, 1.82) is 0 Å². The van der Waals surface area contributed by atoms with Crippen molar-refractivity contribution in [2.45, 2.75) is 4.90 Å². The van der Waals surface area contributed by atoms with Gasteiger partial charge in [-0.1, -0.05) is 18.2 Å². The van der Waals surface area contributed by atoms with Gasteiger partial charge in [0.05, 0.1) is 12.0 Å². The maximum atomic E-state index is 12.9. The van der Waals surface area contributed by atoms with Crippen LogP contribution in [0.4, 0.5) is 5.69 Å². The predicted octanol–water partition coefficient (Wildman–Crippen LogP) is 3.54. The van der Waals surface area contributed by atoms with Crippen LogP contribution in [0.1, 0.15) is 15.9 Å². The Labute approximate surface area is 182 Å². The predicted molar refractivity (Wildman–Crippen MR) is 118 cm³/mol. The van der Waals surface area contributed by atoms with Crippen LogP contribution in [-0.4, -0.2) is 26.4 Å². The van der Waals surface area contributed by atoms with Crippen LogP contribution in [0.2, 0.25) is 0 Å². The first-order valence-electron chi connectivity index (χ1n) is 9.36. The van der Waals surface area contributed by atoms with Gasteiger partial charge in [-0.3, -0.25) is 9.52 Å². The average molecular weight is 451 g/mol. The minimum absolute atomic E-state index is 0.00588. The van der Waals surface area contributed by atoms with Crippen molar-refractivity contribution in [3.8, 4) is 11.5 Å². The van der Waals surface area contributed by atoms with E-state index in [4.69, 9.17) is 9.15 Å². The summed E-state index contributed by atoms with van der Waals surface area (Å²) >= 11 is 0. The van der Waals surface area contributed by atoms with Crippen LogP contribution in [0.15, 0.2) is 86.9 Å². The fraction of sp³-hybridized carbons (Fsp3) is 0.0435. The van der Waals surface area contributed by atoms with Crippen molar-refractivity contribution in [1.82, 2.24) is 0 Å². The number of benzene rings is 3. The van der Waals surface area contributed by atoms with Crippen LogP contribution < -0.4 is 15.1 Å². The van der Waals surface area contributed by atoms with Gasteiger partial charge in [-0.25, -0.2) is 13.2 Å². The molecule has 2 N–H and O–H groups in total. The Kier molecular flexibility index (Phi) is 5.41. The van der Waals surface area contributed by atoms with E-state index in [0.717, 1.165) is 0 Å². The zero-order valence-electron chi connectivity index (χ0n) is 16.7. The van der Waals surface area contributed by atoms with Gasteiger partial charge in [0.25, 0.3) is 10.0 Å². The number of anilines is 1. The Morgan fingerprint density at radius 3 is 2.34 bits per heavy atom. The zero-order valence-corrected chi connectivity index (χ0v) is 17.5. The van der Waals surface area contributed by atoms with Gasteiger partial charge in [0, 0.05) is 16.6 Å². The van der Waals surface area contributed by atoms with Crippen LogP contribution >= 0.6 is 0 Å². The van der Waals surface area contributed by atoms with Crippen LogP contribution in [-0.2, 0) is 10.0 Å². The highest BCUT2D eigenvalue weighted by molar-refractivity contribution is 7.92. The van der Waals surface area contributed by atoms with Crippen molar-refractivity contribution in [2.24, 2.45) is 0 Å². The Balaban J connectivity index is 1.63. The molecule has 0 atom stereocenters. The van der Waals surface area contributed by atoms with Gasteiger partial charge < -0.3 is 14.3 Å². The first kappa shape index (κ1) is 21.1. The lowest BCUT2D eigenvalue weighted by molar-refractivity contribution is 0.103. The van der Waals surface area contributed by atoms with Gasteiger partial charge in [-0.2, -0.15) is 0 Å². The Bertz CT molecular complexity index is 1480. The van der Waals surface area contributed by atoms with E-state index in [9.17, 15) is 23.1 Å². The van der Waals surface area contributed by atoms with Gasteiger partial charge in [-0.05, 0) is 54.6 Å². The SMILES string of the molecule is COc1c(O)ccc2cc(C(=O)c3ccc(NS(=O)(=O)c4ccccc4)cc3)c(=O)oc12. The third-order valence-electron chi connectivity index (χ3n) is 4.74. The Morgan fingerprint density at radius 1 is 1.00 bits per heavy atom. The van der Waals surface area contributed by atoms with E-state index >= 15 is 0 Å². The molecule has 4 aromatic rings. The summed E-state index contributed by atoms with van der Waals surface area (Å²) in [4.78, 5) is 25.4. The number of rotatable bonds is 6. The first-order valence-corrected chi connectivity index (χ1v) is 10.8. The second kappa shape index (κ2) is 8.20. The summed E-state index contributed by atoms with van der Waals surface area (Å²) in [5.74, 6) is -0.797. The Hall–Kier alpha value is -4.11. The molecule has 9 heteroatoms. The van der Waals surface area contributed by atoms with Crippen molar-refractivity contribution in [2.75, 3.05) is 11.8 Å². The summed E-state index contributed by atoms with van der Waals surface area (Å²) in [6.45, 7) is 0. The summed E-state index contributed by atoms with van der Waals surface area (Å²) in [7, 11) is -2.45. The fourth-order valence-electron chi connectivity index (χ4n) is 3.16. The number of hydrogen-bond acceptors (Lipinski definition) is 7. The number of ketones is 1. The number of sulfonamides is 1. The van der Waals surface area contributed by atoms with E-state index in [2.05, 4.69) is 4.72 Å². The van der Waals surface area contributed by atoms with Gasteiger partial charge in [0.2, 0.25) is 5.75 Å². The van der Waals surface area contributed by atoms with Gasteiger partial charge in [0.1, 0.15) is 5.56 Å². The minimum atomic E-state index is -3.77. The average Bonchev–Trinajstić information content (AvgIpc) is 2.79. The van der Waals surface area contributed by atoms with E-state index in [1.165, 1.54) is 61.7 Å². The second-order valence-electron chi connectivity index (χ2n) is 6.81. The molecule has 0 radical (unpaired) electrons. The maximum Gasteiger partial charge on any atom is 0.347 e. The molecule has 0 saturated heterocycles. The lowest BCUT2D eigenvalue weighted by Gasteiger charge is -2.09. The lowest BCUT2D eigenvalue weighted by Crippen LogP contribution is -2.15. The topological polar surface area (TPSA) is 123 Å². The summed E-state index contributed by atoms with van der Waals surface area (Å²) in [5.41, 5.74) is -0.635. The lowest BCUT2D eigenvalue weighted by atomic mass is 10.0. The maximum absolute atomic E-state index is 12.9. The molecule has 0 fully saturated rings. The summed E-state index contributed by atoms with van der Waals surface area (Å²) < 4.78 is 37.6. The number of carbonyl (C=O) groups excluding carboxylic acids is 1. The highest BCUT2D eigenvalue weighted by Crippen LogP contribution is 2.34. The molecule has 0 amide bonds. The molecular weight excluding hydrogens is 434 g/mol. The monoisotopic (exact) mass is 451 g/mol. The van der Waals surface area contributed by atoms with E-state index < -0.39 is 21.4 Å². The van der Waals surface area contributed by atoms with E-state index in [1.807, 2.05) is 0 Å². The van der Waals surface area contributed by atoms with Crippen LogP contribution in [0.25, 0.3) is 11.0 Å². The number of aromatic hydroxyl groups is 1. The molecule has 0 bridgehead atoms. The number of ether oxygens (including phenoxy) is 1. The van der Waals surface area contributed by atoms with Crippen LogP contribution in [0, 0.1) is 0 Å². The number of fused-ring (bicyclic) bond motifs is 1. The molecule has 3 aromatic carbocycles. The molecule has 0 saturated carbocycles. The molecule has 32 heavy (non-hydrogen) atoms. The Morgan fingerprint density at radius 2 is 1.69 bits per heavy atom. The quantitative estimate of drug-likeness (QED) is 0.339. The van der Waals surface area contributed by atoms with E-state index in [0.29, 0.717) is 5.39 Å². The van der Waals surface area contributed by atoms with Crippen LogP contribution in [0.5, 0.6) is 11.5 Å². The minimum Gasteiger partial charge on any atom is -0.504 e. The second-order valence-corrected chi connectivity index (χ2v) is 8.49. The highest BCUT2D eigenvalue weighted by Gasteiger charge is 2.19. The molecule has 162 valence electrons.